The van der Waals surface area contributed by atoms with Crippen molar-refractivity contribution in [2.45, 2.75) is 32.7 Å². The topological polar surface area (TPSA) is 12.0 Å². The van der Waals surface area contributed by atoms with Gasteiger partial charge >= 0.3 is 0 Å². The lowest BCUT2D eigenvalue weighted by Crippen LogP contribution is -2.15. The van der Waals surface area contributed by atoms with Crippen molar-refractivity contribution >= 4 is 23.4 Å². The number of hydrogen-bond acceptors (Lipinski definition) is 2. The number of nitrogens with one attached hydrogen (secondary N) is 1. The summed E-state index contributed by atoms with van der Waals surface area (Å²) in [6.45, 7) is 4.02. The van der Waals surface area contributed by atoms with Gasteiger partial charge in [-0.3, -0.25) is 0 Å². The lowest BCUT2D eigenvalue weighted by Gasteiger charge is -2.07. The molecule has 1 aromatic carbocycles. The normalized spacial score (nSPS) is 10.8. The zero-order chi connectivity index (χ0) is 12.5. The van der Waals surface area contributed by atoms with E-state index in [-0.39, 0.29) is 0 Å². The largest absolute Gasteiger partial charge is 0.313 e. The fourth-order valence-electron chi connectivity index (χ4n) is 1.69. The van der Waals surface area contributed by atoms with Gasteiger partial charge in [0.15, 0.2) is 0 Å². The number of unbranched alkanes of at least 4 members (excludes halogenated alkanes) is 2. The minimum absolute atomic E-state index is 0.875. The third-order valence-corrected chi connectivity index (χ3v) is 3.77. The minimum Gasteiger partial charge on any atom is -0.313 e. The molecule has 0 unspecified atom stereocenters. The highest BCUT2D eigenvalue weighted by atomic mass is 35.5. The van der Waals surface area contributed by atoms with E-state index in [1.807, 2.05) is 17.8 Å². The summed E-state index contributed by atoms with van der Waals surface area (Å²) in [5, 5.41) is 4.32. The summed E-state index contributed by atoms with van der Waals surface area (Å²) >= 11 is 8.10. The van der Waals surface area contributed by atoms with Crippen molar-refractivity contribution in [2.75, 3.05) is 18.6 Å². The van der Waals surface area contributed by atoms with Crippen LogP contribution in [-0.4, -0.2) is 18.6 Å². The van der Waals surface area contributed by atoms with Gasteiger partial charge in [0.25, 0.3) is 0 Å². The van der Waals surface area contributed by atoms with Gasteiger partial charge in [0.2, 0.25) is 0 Å². The summed E-state index contributed by atoms with van der Waals surface area (Å²) in [5.74, 6) is 1.28. The smallest absolute Gasteiger partial charge is 0.0453 e. The molecular weight excluding hydrogens is 250 g/mol. The average Bonchev–Trinajstić information content (AvgIpc) is 2.30. The first-order valence-corrected chi connectivity index (χ1v) is 7.96. The maximum Gasteiger partial charge on any atom is 0.0453 e. The van der Waals surface area contributed by atoms with Crippen LogP contribution in [-0.2, 0) is 6.54 Å². The Morgan fingerprint density at radius 3 is 2.76 bits per heavy atom. The predicted molar refractivity (Wildman–Crippen MR) is 80.1 cm³/mol. The van der Waals surface area contributed by atoms with Crippen LogP contribution in [0.25, 0.3) is 0 Å². The van der Waals surface area contributed by atoms with E-state index in [1.54, 1.807) is 0 Å². The summed E-state index contributed by atoms with van der Waals surface area (Å²) in [5.41, 5.74) is 2.41. The van der Waals surface area contributed by atoms with Gasteiger partial charge in [-0.1, -0.05) is 30.2 Å². The van der Waals surface area contributed by atoms with Gasteiger partial charge in [-0.05, 0) is 55.5 Å². The summed E-state index contributed by atoms with van der Waals surface area (Å²) in [6, 6.07) is 6.25. The van der Waals surface area contributed by atoms with E-state index in [0.717, 1.165) is 18.1 Å². The Morgan fingerprint density at radius 1 is 1.24 bits per heavy atom. The Labute approximate surface area is 114 Å². The van der Waals surface area contributed by atoms with Gasteiger partial charge in [0, 0.05) is 11.6 Å². The second-order valence-electron chi connectivity index (χ2n) is 4.33. The van der Waals surface area contributed by atoms with Gasteiger partial charge in [0.05, 0.1) is 0 Å². The number of benzene rings is 1. The second kappa shape index (κ2) is 8.84. The van der Waals surface area contributed by atoms with E-state index in [0.29, 0.717) is 0 Å². The molecule has 1 rings (SSSR count). The number of rotatable bonds is 8. The van der Waals surface area contributed by atoms with Crippen molar-refractivity contribution in [2.24, 2.45) is 0 Å². The van der Waals surface area contributed by atoms with E-state index in [4.69, 9.17) is 11.6 Å². The molecule has 0 bridgehead atoms. The van der Waals surface area contributed by atoms with Crippen molar-refractivity contribution in [1.82, 2.24) is 5.32 Å². The number of aryl methyl sites for hydroxylation is 1. The van der Waals surface area contributed by atoms with Gasteiger partial charge in [-0.2, -0.15) is 11.8 Å². The SMILES string of the molecule is CSCCCCCNCc1ccc(C)cc1Cl. The molecule has 1 nitrogen and oxygen atoms in total. The molecule has 0 fully saturated rings. The van der Waals surface area contributed by atoms with Crippen molar-refractivity contribution in [3.63, 3.8) is 0 Å². The van der Waals surface area contributed by atoms with E-state index in [2.05, 4.69) is 30.6 Å². The maximum atomic E-state index is 6.17. The fourth-order valence-corrected chi connectivity index (χ4v) is 2.49. The van der Waals surface area contributed by atoms with Crippen LogP contribution in [0, 0.1) is 6.92 Å². The standard InChI is InChI=1S/C14H22ClNS/c1-12-6-7-13(14(15)10-12)11-16-8-4-3-5-9-17-2/h6-7,10,16H,3-5,8-9,11H2,1-2H3. The highest BCUT2D eigenvalue weighted by Gasteiger charge is 1.99. The molecule has 0 heterocycles. The molecule has 0 aliphatic carbocycles. The van der Waals surface area contributed by atoms with E-state index >= 15 is 0 Å². The first kappa shape index (κ1) is 14.9. The monoisotopic (exact) mass is 271 g/mol. The van der Waals surface area contributed by atoms with E-state index < -0.39 is 0 Å². The lowest BCUT2D eigenvalue weighted by atomic mass is 10.1. The van der Waals surface area contributed by atoms with Gasteiger partial charge in [-0.15, -0.1) is 0 Å². The van der Waals surface area contributed by atoms with Crippen LogP contribution in [0.15, 0.2) is 18.2 Å². The van der Waals surface area contributed by atoms with Crippen molar-refractivity contribution < 1.29 is 0 Å². The van der Waals surface area contributed by atoms with Crippen LogP contribution in [0.1, 0.15) is 30.4 Å². The molecule has 17 heavy (non-hydrogen) atoms. The van der Waals surface area contributed by atoms with Gasteiger partial charge in [0.1, 0.15) is 0 Å². The van der Waals surface area contributed by atoms with Crippen molar-refractivity contribution in [1.29, 1.82) is 0 Å². The maximum absolute atomic E-state index is 6.17. The summed E-state index contributed by atoms with van der Waals surface area (Å²) in [4.78, 5) is 0. The molecule has 0 aromatic heterocycles. The molecule has 0 aliphatic heterocycles. The molecule has 1 N–H and O–H groups in total. The predicted octanol–water partition coefficient (Wildman–Crippen LogP) is 4.27. The number of halogens is 1. The first-order valence-electron chi connectivity index (χ1n) is 6.18. The van der Waals surface area contributed by atoms with E-state index in [1.165, 1.54) is 36.1 Å². The second-order valence-corrected chi connectivity index (χ2v) is 5.72. The van der Waals surface area contributed by atoms with Crippen LogP contribution in [0.4, 0.5) is 0 Å². The van der Waals surface area contributed by atoms with Crippen LogP contribution in [0.2, 0.25) is 5.02 Å². The Bertz CT molecular complexity index is 328. The molecule has 0 radical (unpaired) electrons. The molecule has 0 saturated carbocycles. The first-order chi connectivity index (χ1) is 8.24. The third-order valence-electron chi connectivity index (χ3n) is 2.73. The zero-order valence-corrected chi connectivity index (χ0v) is 12.3. The Kier molecular flexibility index (Phi) is 7.74. The lowest BCUT2D eigenvalue weighted by molar-refractivity contribution is 0.618. The van der Waals surface area contributed by atoms with Crippen LogP contribution < -0.4 is 5.32 Å². The van der Waals surface area contributed by atoms with Gasteiger partial charge < -0.3 is 5.32 Å². The van der Waals surface area contributed by atoms with Crippen LogP contribution in [0.5, 0.6) is 0 Å². The average molecular weight is 272 g/mol. The minimum atomic E-state index is 0.875. The Morgan fingerprint density at radius 2 is 2.06 bits per heavy atom. The third kappa shape index (κ3) is 6.35. The van der Waals surface area contributed by atoms with Crippen LogP contribution >= 0.6 is 23.4 Å². The summed E-state index contributed by atoms with van der Waals surface area (Å²) in [7, 11) is 0. The van der Waals surface area contributed by atoms with Crippen molar-refractivity contribution in [3.8, 4) is 0 Å². The van der Waals surface area contributed by atoms with E-state index in [9.17, 15) is 0 Å². The summed E-state index contributed by atoms with van der Waals surface area (Å²) in [6.07, 6.45) is 6.06. The Balaban J connectivity index is 2.14. The molecular formula is C14H22ClNS. The summed E-state index contributed by atoms with van der Waals surface area (Å²) < 4.78 is 0. The van der Waals surface area contributed by atoms with Crippen LogP contribution in [0.3, 0.4) is 0 Å². The molecule has 0 atom stereocenters. The number of hydrogen-bond donors (Lipinski definition) is 1. The molecule has 0 saturated heterocycles. The molecule has 1 aromatic rings. The quantitative estimate of drug-likeness (QED) is 0.709. The zero-order valence-electron chi connectivity index (χ0n) is 10.8. The molecule has 96 valence electrons. The van der Waals surface area contributed by atoms with Gasteiger partial charge in [-0.25, -0.2) is 0 Å². The molecule has 0 amide bonds. The molecule has 0 aliphatic rings. The fraction of sp³-hybridized carbons (Fsp3) is 0.571. The van der Waals surface area contributed by atoms with Crippen molar-refractivity contribution in [3.05, 3.63) is 34.3 Å². The molecule has 3 heteroatoms. The highest BCUT2D eigenvalue weighted by Crippen LogP contribution is 2.17. The molecule has 0 spiro atoms. The Hall–Kier alpha value is -0.180. The highest BCUT2D eigenvalue weighted by molar-refractivity contribution is 7.98. The number of thioether (sulfide) groups is 1.